The second kappa shape index (κ2) is 6.28. The van der Waals surface area contributed by atoms with Crippen LogP contribution in [-0.2, 0) is 11.2 Å². The molecule has 0 saturated carbocycles. The predicted octanol–water partition coefficient (Wildman–Crippen LogP) is -0.471. The lowest BCUT2D eigenvalue weighted by Gasteiger charge is -2.07. The van der Waals surface area contributed by atoms with Gasteiger partial charge in [-0.2, -0.15) is 0 Å². The molecule has 0 atom stereocenters. The standard InChI is InChI=1S/C14H13N7O3/c1-8-12(13(23)18-14(24)16-8)17-11(22)6-9-2-4-10(5-3-9)21-7-15-19-20-21/h2-5,7H,6H2,1H3,(H,17,22)(H2,16,18,23,24). The fourth-order valence-electron chi connectivity index (χ4n) is 2.17. The van der Waals surface area contributed by atoms with Gasteiger partial charge in [-0.15, -0.1) is 5.10 Å². The third-order valence-corrected chi connectivity index (χ3v) is 3.31. The monoisotopic (exact) mass is 327 g/mol. The van der Waals surface area contributed by atoms with Crippen LogP contribution in [-0.4, -0.2) is 36.1 Å². The average molecular weight is 327 g/mol. The zero-order valence-corrected chi connectivity index (χ0v) is 12.6. The van der Waals surface area contributed by atoms with Crippen LogP contribution in [0.25, 0.3) is 5.69 Å². The molecular formula is C14H13N7O3. The van der Waals surface area contributed by atoms with Crippen LogP contribution in [0.4, 0.5) is 5.69 Å². The van der Waals surface area contributed by atoms with Crippen molar-refractivity contribution in [1.82, 2.24) is 30.2 Å². The smallest absolute Gasteiger partial charge is 0.320 e. The number of aromatic nitrogens is 6. The first kappa shape index (κ1) is 15.3. The molecule has 0 fully saturated rings. The summed E-state index contributed by atoms with van der Waals surface area (Å²) in [6.07, 6.45) is 1.54. The summed E-state index contributed by atoms with van der Waals surface area (Å²) in [7, 11) is 0. The van der Waals surface area contributed by atoms with Crippen molar-refractivity contribution in [2.45, 2.75) is 13.3 Å². The van der Waals surface area contributed by atoms with Gasteiger partial charge in [0.25, 0.3) is 5.56 Å². The lowest BCUT2D eigenvalue weighted by atomic mass is 10.1. The van der Waals surface area contributed by atoms with Gasteiger partial charge >= 0.3 is 5.69 Å². The highest BCUT2D eigenvalue weighted by Crippen LogP contribution is 2.09. The number of nitrogens with zero attached hydrogens (tertiary/aromatic N) is 4. The molecular weight excluding hydrogens is 314 g/mol. The molecule has 0 saturated heterocycles. The summed E-state index contributed by atoms with van der Waals surface area (Å²) in [5.41, 5.74) is 0.586. The molecule has 0 bridgehead atoms. The van der Waals surface area contributed by atoms with Crippen molar-refractivity contribution in [3.8, 4) is 5.69 Å². The SMILES string of the molecule is Cc1[nH]c(=O)[nH]c(=O)c1NC(=O)Cc1ccc(-n2cnnn2)cc1. The first-order valence-corrected chi connectivity index (χ1v) is 6.98. The maximum Gasteiger partial charge on any atom is 0.326 e. The number of hydrogen-bond donors (Lipinski definition) is 3. The number of tetrazole rings is 1. The molecule has 3 aromatic rings. The number of H-pyrrole nitrogens is 2. The zero-order chi connectivity index (χ0) is 17.1. The van der Waals surface area contributed by atoms with Gasteiger partial charge in [0.2, 0.25) is 5.91 Å². The molecule has 122 valence electrons. The molecule has 0 radical (unpaired) electrons. The van der Waals surface area contributed by atoms with E-state index >= 15 is 0 Å². The van der Waals surface area contributed by atoms with Gasteiger partial charge in [0.1, 0.15) is 12.0 Å². The summed E-state index contributed by atoms with van der Waals surface area (Å²) in [6, 6.07) is 7.08. The Morgan fingerprint density at radius 3 is 2.58 bits per heavy atom. The van der Waals surface area contributed by atoms with E-state index in [0.717, 1.165) is 11.3 Å². The van der Waals surface area contributed by atoms with E-state index in [0.29, 0.717) is 5.69 Å². The third kappa shape index (κ3) is 3.27. The molecule has 2 heterocycles. The van der Waals surface area contributed by atoms with Gasteiger partial charge in [0, 0.05) is 5.69 Å². The van der Waals surface area contributed by atoms with E-state index in [2.05, 4.69) is 30.8 Å². The summed E-state index contributed by atoms with van der Waals surface area (Å²) in [5, 5.41) is 13.4. The lowest BCUT2D eigenvalue weighted by Crippen LogP contribution is -2.29. The fourth-order valence-corrected chi connectivity index (χ4v) is 2.17. The molecule has 0 aliphatic rings. The van der Waals surface area contributed by atoms with Crippen LogP contribution in [0.2, 0.25) is 0 Å². The number of anilines is 1. The second-order valence-corrected chi connectivity index (χ2v) is 5.05. The van der Waals surface area contributed by atoms with Gasteiger partial charge in [0.05, 0.1) is 12.1 Å². The van der Waals surface area contributed by atoms with E-state index in [-0.39, 0.29) is 18.0 Å². The highest BCUT2D eigenvalue weighted by atomic mass is 16.2. The Balaban J connectivity index is 1.71. The average Bonchev–Trinajstić information content (AvgIpc) is 3.06. The van der Waals surface area contributed by atoms with Gasteiger partial charge in [-0.3, -0.25) is 14.6 Å². The predicted molar refractivity (Wildman–Crippen MR) is 83.9 cm³/mol. The minimum atomic E-state index is -0.640. The molecule has 24 heavy (non-hydrogen) atoms. The van der Waals surface area contributed by atoms with E-state index in [1.807, 2.05) is 0 Å². The summed E-state index contributed by atoms with van der Waals surface area (Å²) < 4.78 is 1.49. The van der Waals surface area contributed by atoms with Crippen LogP contribution in [0.15, 0.2) is 40.2 Å². The van der Waals surface area contributed by atoms with Crippen molar-refractivity contribution in [3.63, 3.8) is 0 Å². The number of amides is 1. The largest absolute Gasteiger partial charge is 0.326 e. The number of hydrogen-bond acceptors (Lipinski definition) is 6. The Bertz CT molecular complexity index is 971. The zero-order valence-electron chi connectivity index (χ0n) is 12.6. The van der Waals surface area contributed by atoms with Gasteiger partial charge < -0.3 is 10.3 Å². The first-order valence-electron chi connectivity index (χ1n) is 6.98. The van der Waals surface area contributed by atoms with Crippen molar-refractivity contribution in [1.29, 1.82) is 0 Å². The van der Waals surface area contributed by atoms with Gasteiger partial charge in [0.15, 0.2) is 0 Å². The quantitative estimate of drug-likeness (QED) is 0.592. The number of carbonyl (C=O) groups excluding carboxylic acids is 1. The number of carbonyl (C=O) groups is 1. The minimum absolute atomic E-state index is 0.0323. The van der Waals surface area contributed by atoms with Crippen LogP contribution >= 0.6 is 0 Å². The summed E-state index contributed by atoms with van der Waals surface area (Å²) in [4.78, 5) is 39.4. The van der Waals surface area contributed by atoms with Crippen LogP contribution in [0.3, 0.4) is 0 Å². The summed E-state index contributed by atoms with van der Waals surface area (Å²) in [6.45, 7) is 1.53. The molecule has 0 aliphatic carbocycles. The fraction of sp³-hybridized carbons (Fsp3) is 0.143. The Kier molecular flexibility index (Phi) is 4.01. The Morgan fingerprint density at radius 2 is 1.96 bits per heavy atom. The molecule has 1 amide bonds. The summed E-state index contributed by atoms with van der Waals surface area (Å²) >= 11 is 0. The molecule has 10 heteroatoms. The van der Waals surface area contributed by atoms with E-state index in [9.17, 15) is 14.4 Å². The molecule has 10 nitrogen and oxygen atoms in total. The topological polar surface area (TPSA) is 138 Å². The van der Waals surface area contributed by atoms with E-state index in [4.69, 9.17) is 0 Å². The van der Waals surface area contributed by atoms with Crippen molar-refractivity contribution in [3.05, 3.63) is 62.7 Å². The Labute approximate surface area is 134 Å². The van der Waals surface area contributed by atoms with E-state index < -0.39 is 11.2 Å². The molecule has 1 aromatic carbocycles. The number of aryl methyl sites for hydroxylation is 1. The van der Waals surface area contributed by atoms with Crippen molar-refractivity contribution in [2.24, 2.45) is 0 Å². The van der Waals surface area contributed by atoms with Gasteiger partial charge in [-0.25, -0.2) is 9.48 Å². The summed E-state index contributed by atoms with van der Waals surface area (Å²) in [5.74, 6) is -0.370. The number of rotatable bonds is 4. The highest BCUT2D eigenvalue weighted by molar-refractivity contribution is 5.92. The van der Waals surface area contributed by atoms with Crippen molar-refractivity contribution >= 4 is 11.6 Å². The molecule has 3 N–H and O–H groups in total. The molecule has 0 aliphatic heterocycles. The maximum absolute atomic E-state index is 12.1. The third-order valence-electron chi connectivity index (χ3n) is 3.31. The Morgan fingerprint density at radius 1 is 1.21 bits per heavy atom. The number of nitrogens with one attached hydrogen (secondary N) is 3. The van der Waals surface area contributed by atoms with Crippen LogP contribution < -0.4 is 16.6 Å². The Hall–Kier alpha value is -3.56. The van der Waals surface area contributed by atoms with Crippen LogP contribution in [0, 0.1) is 6.92 Å². The van der Waals surface area contributed by atoms with Gasteiger partial charge in [-0.05, 0) is 35.0 Å². The molecule has 0 unspecified atom stereocenters. The van der Waals surface area contributed by atoms with Crippen LogP contribution in [0.5, 0.6) is 0 Å². The molecule has 3 rings (SSSR count). The second-order valence-electron chi connectivity index (χ2n) is 5.05. The van der Waals surface area contributed by atoms with Crippen molar-refractivity contribution < 1.29 is 4.79 Å². The normalized spacial score (nSPS) is 10.5. The minimum Gasteiger partial charge on any atom is -0.320 e. The lowest BCUT2D eigenvalue weighted by molar-refractivity contribution is -0.115. The highest BCUT2D eigenvalue weighted by Gasteiger charge is 2.10. The molecule has 2 aromatic heterocycles. The van der Waals surface area contributed by atoms with E-state index in [1.54, 1.807) is 24.3 Å². The maximum atomic E-state index is 12.1. The van der Waals surface area contributed by atoms with Crippen molar-refractivity contribution in [2.75, 3.05) is 5.32 Å². The van der Waals surface area contributed by atoms with Gasteiger partial charge in [-0.1, -0.05) is 12.1 Å². The first-order chi connectivity index (χ1) is 11.5. The number of aromatic amines is 2. The van der Waals surface area contributed by atoms with Crippen LogP contribution in [0.1, 0.15) is 11.3 Å². The number of benzene rings is 1. The molecule has 0 spiro atoms. The van der Waals surface area contributed by atoms with E-state index in [1.165, 1.54) is 17.9 Å².